The van der Waals surface area contributed by atoms with Crippen LogP contribution in [0.4, 0.5) is 0 Å². The lowest BCUT2D eigenvalue weighted by molar-refractivity contribution is -0.153. The van der Waals surface area contributed by atoms with Gasteiger partial charge in [-0.15, -0.1) is 0 Å². The van der Waals surface area contributed by atoms with Crippen LogP contribution in [0.1, 0.15) is 129 Å². The first-order valence-electron chi connectivity index (χ1n) is 21.5. The van der Waals surface area contributed by atoms with Gasteiger partial charge < -0.3 is 24.6 Å². The molecule has 0 rings (SSSR count). The summed E-state index contributed by atoms with van der Waals surface area (Å²) in [6, 6.07) is 0. The van der Waals surface area contributed by atoms with Crippen LogP contribution in [0.2, 0.25) is 0 Å². The molecule has 10 nitrogen and oxygen atoms in total. The third-order valence-corrected chi connectivity index (χ3v) is 9.13. The smallest absolute Gasteiger partial charge is 0.457 e. The highest BCUT2D eigenvalue weighted by Crippen LogP contribution is 2.43. The molecule has 3 atom stereocenters. The van der Waals surface area contributed by atoms with Crippen molar-refractivity contribution in [3.63, 3.8) is 0 Å². The van der Waals surface area contributed by atoms with Crippen molar-refractivity contribution in [2.45, 2.75) is 142 Å². The second kappa shape index (κ2) is 42.5. The van der Waals surface area contributed by atoms with Gasteiger partial charge in [0.2, 0.25) is 0 Å². The summed E-state index contributed by atoms with van der Waals surface area (Å²) in [4.78, 5) is 34.5. The average Bonchev–Trinajstić information content (AvgIpc) is 3.22. The number of ether oxygens (including phenoxy) is 2. The molecule has 0 aliphatic rings. The molecule has 11 heteroatoms. The maximum Gasteiger partial charge on any atom is 0.472 e. The van der Waals surface area contributed by atoms with Crippen LogP contribution in [0.25, 0.3) is 0 Å². The molecular formula is C48H75O10P. The van der Waals surface area contributed by atoms with Gasteiger partial charge in [0.15, 0.2) is 0 Å². The summed E-state index contributed by atoms with van der Waals surface area (Å²) in [6.07, 6.45) is 54.7. The summed E-state index contributed by atoms with van der Waals surface area (Å²) in [5, 5.41) is 19.2. The molecule has 0 radical (unpaired) electrons. The van der Waals surface area contributed by atoms with E-state index in [1.807, 2.05) is 18.2 Å². The van der Waals surface area contributed by atoms with E-state index in [4.69, 9.17) is 18.5 Å². The number of aliphatic hydroxyl groups is 2. The Morgan fingerprint density at radius 3 is 1.15 bits per heavy atom. The van der Waals surface area contributed by atoms with Crippen molar-refractivity contribution >= 4 is 19.8 Å². The van der Waals surface area contributed by atoms with Crippen molar-refractivity contribution in [1.82, 2.24) is 0 Å². The van der Waals surface area contributed by atoms with Crippen LogP contribution in [0.3, 0.4) is 0 Å². The van der Waals surface area contributed by atoms with Gasteiger partial charge in [-0.3, -0.25) is 18.6 Å². The lowest BCUT2D eigenvalue weighted by Gasteiger charge is -2.20. The minimum Gasteiger partial charge on any atom is -0.457 e. The first kappa shape index (κ1) is 55.4. The van der Waals surface area contributed by atoms with Crippen LogP contribution in [-0.4, -0.2) is 65.7 Å². The zero-order valence-corrected chi connectivity index (χ0v) is 36.8. The number of phosphoric ester groups is 1. The van der Waals surface area contributed by atoms with Crippen molar-refractivity contribution in [1.29, 1.82) is 0 Å². The number of carbonyl (C=O) groups is 2. The Labute approximate surface area is 356 Å². The number of hydrogen-bond acceptors (Lipinski definition) is 9. The summed E-state index contributed by atoms with van der Waals surface area (Å²) in [5.41, 5.74) is 0. The monoisotopic (exact) mass is 843 g/mol. The van der Waals surface area contributed by atoms with Gasteiger partial charge in [0, 0.05) is 12.8 Å². The van der Waals surface area contributed by atoms with Crippen molar-refractivity contribution in [3.8, 4) is 0 Å². The van der Waals surface area contributed by atoms with E-state index < -0.39 is 58.4 Å². The number of hydrogen-bond donors (Lipinski definition) is 3. The number of carbonyl (C=O) groups excluding carboxylic acids is 2. The van der Waals surface area contributed by atoms with Gasteiger partial charge in [0.05, 0.1) is 26.4 Å². The molecule has 59 heavy (non-hydrogen) atoms. The van der Waals surface area contributed by atoms with Crippen LogP contribution in [0.5, 0.6) is 0 Å². The topological polar surface area (TPSA) is 149 Å². The minimum absolute atomic E-state index is 0.0571. The third kappa shape index (κ3) is 40.9. The summed E-state index contributed by atoms with van der Waals surface area (Å²) >= 11 is 0. The van der Waals surface area contributed by atoms with E-state index in [0.29, 0.717) is 12.8 Å². The lowest BCUT2D eigenvalue weighted by Crippen LogP contribution is -2.28. The molecular weight excluding hydrogens is 767 g/mol. The predicted molar refractivity (Wildman–Crippen MR) is 242 cm³/mol. The number of unbranched alkanes of at least 4 members (excludes halogenated alkanes) is 4. The molecule has 0 aliphatic heterocycles. The zero-order valence-electron chi connectivity index (χ0n) is 35.9. The second-order valence-electron chi connectivity index (χ2n) is 13.6. The first-order valence-corrected chi connectivity index (χ1v) is 23.0. The first-order chi connectivity index (χ1) is 28.8. The summed E-state index contributed by atoms with van der Waals surface area (Å²) < 4.78 is 32.5. The summed E-state index contributed by atoms with van der Waals surface area (Å²) in [6.45, 7) is 1.83. The molecule has 0 bridgehead atoms. The van der Waals surface area contributed by atoms with Gasteiger partial charge in [-0.2, -0.15) is 0 Å². The van der Waals surface area contributed by atoms with Gasteiger partial charge in [0.1, 0.15) is 12.2 Å². The molecule has 0 aromatic rings. The zero-order chi connectivity index (χ0) is 43.3. The van der Waals surface area contributed by atoms with Gasteiger partial charge in [-0.05, 0) is 89.9 Å². The number of aliphatic hydroxyl groups excluding tert-OH is 2. The summed E-state index contributed by atoms with van der Waals surface area (Å²) in [5.74, 6) is -1.14. The number of allylic oxidation sites excluding steroid dienone is 20. The quantitative estimate of drug-likeness (QED) is 0.0237. The molecule has 0 fully saturated rings. The van der Waals surface area contributed by atoms with Crippen LogP contribution in [0, 0.1) is 0 Å². The number of esters is 2. The molecule has 0 saturated carbocycles. The highest BCUT2D eigenvalue weighted by Gasteiger charge is 2.27. The Hall–Kier alpha value is -3.63. The molecule has 0 aromatic heterocycles. The van der Waals surface area contributed by atoms with Crippen molar-refractivity contribution in [2.24, 2.45) is 0 Å². The molecule has 0 aromatic carbocycles. The van der Waals surface area contributed by atoms with Crippen LogP contribution < -0.4 is 0 Å². The Balaban J connectivity index is 4.10. The molecule has 0 spiro atoms. The molecule has 0 heterocycles. The van der Waals surface area contributed by atoms with Crippen LogP contribution in [-0.2, 0) is 32.7 Å². The Bertz CT molecular complexity index is 1390. The van der Waals surface area contributed by atoms with Crippen molar-refractivity contribution in [2.75, 3.05) is 26.4 Å². The average molecular weight is 843 g/mol. The van der Waals surface area contributed by atoms with E-state index in [9.17, 15) is 29.3 Å². The normalized spacial score (nSPS) is 15.0. The Morgan fingerprint density at radius 1 is 0.458 bits per heavy atom. The largest absolute Gasteiger partial charge is 0.472 e. The highest BCUT2D eigenvalue weighted by atomic mass is 31.2. The maximum absolute atomic E-state index is 12.4. The minimum atomic E-state index is -4.67. The summed E-state index contributed by atoms with van der Waals surface area (Å²) in [7, 11) is -4.67. The molecule has 3 unspecified atom stereocenters. The Morgan fingerprint density at radius 2 is 0.780 bits per heavy atom. The van der Waals surface area contributed by atoms with Gasteiger partial charge in [-0.25, -0.2) is 4.57 Å². The predicted octanol–water partition coefficient (Wildman–Crippen LogP) is 11.6. The molecule has 0 aliphatic carbocycles. The van der Waals surface area contributed by atoms with Gasteiger partial charge in [0.25, 0.3) is 0 Å². The van der Waals surface area contributed by atoms with Gasteiger partial charge in [-0.1, -0.05) is 148 Å². The number of rotatable bonds is 38. The Kier molecular flexibility index (Phi) is 39.9. The lowest BCUT2D eigenvalue weighted by atomic mass is 10.1. The highest BCUT2D eigenvalue weighted by molar-refractivity contribution is 7.47. The van der Waals surface area contributed by atoms with E-state index >= 15 is 0 Å². The second-order valence-corrected chi connectivity index (χ2v) is 15.0. The van der Waals surface area contributed by atoms with E-state index in [1.54, 1.807) is 0 Å². The molecule has 3 N–H and O–H groups in total. The third-order valence-electron chi connectivity index (χ3n) is 8.18. The van der Waals surface area contributed by atoms with Crippen LogP contribution in [0.15, 0.2) is 122 Å². The molecule has 0 saturated heterocycles. The van der Waals surface area contributed by atoms with Crippen molar-refractivity contribution < 1.29 is 47.8 Å². The molecule has 0 amide bonds. The van der Waals surface area contributed by atoms with Crippen molar-refractivity contribution in [3.05, 3.63) is 122 Å². The fourth-order valence-corrected chi connectivity index (χ4v) is 5.74. The van der Waals surface area contributed by atoms with Crippen LogP contribution >= 0.6 is 7.82 Å². The van der Waals surface area contributed by atoms with E-state index in [-0.39, 0.29) is 12.8 Å². The van der Waals surface area contributed by atoms with Gasteiger partial charge >= 0.3 is 19.8 Å². The van der Waals surface area contributed by atoms with E-state index in [2.05, 4.69) is 117 Å². The molecule has 332 valence electrons. The SMILES string of the molecule is CC/C=C\C/C=C\C/C=C\C/C=C\C/C=C\C/C=C\CCC(=O)OC(CO)COP(=O)(O)OCC(CO)OC(=O)CCCCCC/C=C\C/C=C\C/C=C\C/C=C\CC. The van der Waals surface area contributed by atoms with E-state index in [0.717, 1.165) is 89.9 Å². The fourth-order valence-electron chi connectivity index (χ4n) is 4.95. The number of phosphoric acid groups is 1. The van der Waals surface area contributed by atoms with E-state index in [1.165, 1.54) is 0 Å². The maximum atomic E-state index is 12.4. The fraction of sp³-hybridized carbons (Fsp3) is 0.542. The standard InChI is InChI=1S/C48H75O10P/c1-3-5-7-9-11-13-15-17-19-21-22-24-26-28-30-32-34-36-38-40-48(52)58-46(42-50)44-56-59(53,54)55-43-45(41-49)57-47(51)39-37-35-33-31-29-27-25-23-20-18-16-14-12-10-8-6-4-2/h5-8,11-14,17-20,22,24-25,27-28,30,34,36,45-46,49-50H,3-4,9-10,15-16,21,23,26,29,31-33,35,37-44H2,1-2H3,(H,53,54)/b7-5-,8-6-,13-11-,14-12-,19-17-,20-18-,24-22-,27-25-,30-28-,36-34-.